The highest BCUT2D eigenvalue weighted by Gasteiger charge is 2.44. The van der Waals surface area contributed by atoms with E-state index in [0.717, 1.165) is 0 Å². The summed E-state index contributed by atoms with van der Waals surface area (Å²) in [4.78, 5) is 25.4. The molecule has 5 nitrogen and oxygen atoms in total. The van der Waals surface area contributed by atoms with Gasteiger partial charge < -0.3 is 15.2 Å². The van der Waals surface area contributed by atoms with Crippen LogP contribution in [0.5, 0.6) is 0 Å². The van der Waals surface area contributed by atoms with Crippen molar-refractivity contribution in [3.63, 3.8) is 0 Å². The van der Waals surface area contributed by atoms with Gasteiger partial charge in [-0.3, -0.25) is 4.79 Å². The van der Waals surface area contributed by atoms with Crippen LogP contribution in [0.3, 0.4) is 0 Å². The molecule has 0 aromatic heterocycles. The van der Waals surface area contributed by atoms with Gasteiger partial charge in [0, 0.05) is 18.4 Å². The van der Waals surface area contributed by atoms with Gasteiger partial charge in [-0.2, -0.15) is 0 Å². The van der Waals surface area contributed by atoms with Crippen molar-refractivity contribution in [2.45, 2.75) is 39.5 Å². The maximum Gasteiger partial charge on any atom is 0.340 e. The number of halogens is 1. The summed E-state index contributed by atoms with van der Waals surface area (Å²) < 4.78 is 24.2. The molecule has 2 aliphatic rings. The number of Topliss-reactive ketones (excluding diaryl/α,β-unsaturated/α-hetero) is 1. The van der Waals surface area contributed by atoms with Crippen molar-refractivity contribution < 1.29 is 23.5 Å². The normalized spacial score (nSPS) is 22.0. The zero-order valence-corrected chi connectivity index (χ0v) is 15.1. The number of esters is 1. The van der Waals surface area contributed by atoms with E-state index in [0.29, 0.717) is 29.7 Å². The third kappa shape index (κ3) is 3.23. The molecular weight excluding hydrogens is 337 g/mol. The van der Waals surface area contributed by atoms with E-state index in [1.807, 2.05) is 13.8 Å². The van der Waals surface area contributed by atoms with Crippen LogP contribution in [0.4, 0.5) is 4.39 Å². The Bertz CT molecular complexity index is 821. The number of ether oxygens (including phenoxy) is 2. The predicted octanol–water partition coefficient (Wildman–Crippen LogP) is 3.32. The van der Waals surface area contributed by atoms with Crippen molar-refractivity contribution in [2.75, 3.05) is 6.61 Å². The van der Waals surface area contributed by atoms with Gasteiger partial charge in [0.1, 0.15) is 17.1 Å². The molecule has 26 heavy (non-hydrogen) atoms. The Hall–Kier alpha value is -2.63. The molecule has 2 N–H and O–H groups in total. The number of rotatable bonds is 3. The molecule has 0 saturated heterocycles. The second-order valence-corrected chi connectivity index (χ2v) is 7.36. The maximum atomic E-state index is 13.4. The number of hydrogen-bond donors (Lipinski definition) is 1. The quantitative estimate of drug-likeness (QED) is 0.838. The van der Waals surface area contributed by atoms with Crippen LogP contribution in [-0.2, 0) is 19.1 Å². The van der Waals surface area contributed by atoms with Crippen molar-refractivity contribution >= 4 is 11.8 Å². The van der Waals surface area contributed by atoms with Gasteiger partial charge in [-0.05, 0) is 30.0 Å². The molecule has 0 fully saturated rings. The van der Waals surface area contributed by atoms with Gasteiger partial charge in [0.05, 0.1) is 12.5 Å². The molecule has 6 heteroatoms. The third-order valence-corrected chi connectivity index (χ3v) is 4.65. The zero-order chi connectivity index (χ0) is 19.1. The average molecular weight is 359 g/mol. The molecular formula is C20H22FNO4. The minimum atomic E-state index is -0.720. The van der Waals surface area contributed by atoms with E-state index in [1.54, 1.807) is 19.1 Å². The number of allylic oxidation sites excluding steroid dienone is 2. The monoisotopic (exact) mass is 359 g/mol. The van der Waals surface area contributed by atoms with Gasteiger partial charge in [0.2, 0.25) is 5.88 Å². The number of carbonyl (C=O) groups excluding carboxylic acids is 2. The minimum Gasteiger partial charge on any atom is -0.462 e. The van der Waals surface area contributed by atoms with Crippen molar-refractivity contribution in [1.29, 1.82) is 0 Å². The van der Waals surface area contributed by atoms with Gasteiger partial charge >= 0.3 is 5.97 Å². The van der Waals surface area contributed by atoms with E-state index in [1.165, 1.54) is 12.1 Å². The van der Waals surface area contributed by atoms with Crippen LogP contribution in [0, 0.1) is 11.2 Å². The van der Waals surface area contributed by atoms with Gasteiger partial charge in [-0.1, -0.05) is 26.0 Å². The number of ketones is 1. The lowest BCUT2D eigenvalue weighted by Gasteiger charge is -2.37. The van der Waals surface area contributed by atoms with E-state index < -0.39 is 17.7 Å². The fourth-order valence-electron chi connectivity index (χ4n) is 3.58. The molecule has 1 aliphatic carbocycles. The second-order valence-electron chi connectivity index (χ2n) is 7.36. The molecule has 0 bridgehead atoms. The summed E-state index contributed by atoms with van der Waals surface area (Å²) in [5.41, 5.74) is 6.88. The van der Waals surface area contributed by atoms with E-state index in [4.69, 9.17) is 15.2 Å². The first-order valence-corrected chi connectivity index (χ1v) is 8.60. The summed E-state index contributed by atoms with van der Waals surface area (Å²) in [5.74, 6) is -1.45. The van der Waals surface area contributed by atoms with E-state index in [-0.39, 0.29) is 29.3 Å². The van der Waals surface area contributed by atoms with Crippen LogP contribution in [0.1, 0.15) is 45.1 Å². The van der Waals surface area contributed by atoms with Crippen molar-refractivity contribution in [3.05, 3.63) is 58.4 Å². The summed E-state index contributed by atoms with van der Waals surface area (Å²) in [6.07, 6.45) is 0.867. The van der Waals surface area contributed by atoms with Gasteiger partial charge in [-0.25, -0.2) is 9.18 Å². The molecule has 1 atom stereocenters. The largest absolute Gasteiger partial charge is 0.462 e. The molecule has 0 spiro atoms. The highest BCUT2D eigenvalue weighted by molar-refractivity contribution is 6.03. The van der Waals surface area contributed by atoms with Crippen LogP contribution < -0.4 is 5.73 Å². The first kappa shape index (κ1) is 18.2. The zero-order valence-electron chi connectivity index (χ0n) is 15.1. The molecule has 1 aromatic rings. The van der Waals surface area contributed by atoms with Crippen LogP contribution in [-0.4, -0.2) is 18.4 Å². The third-order valence-electron chi connectivity index (χ3n) is 4.65. The van der Waals surface area contributed by atoms with Crippen molar-refractivity contribution in [2.24, 2.45) is 11.1 Å². The highest BCUT2D eigenvalue weighted by Crippen LogP contribution is 2.48. The van der Waals surface area contributed by atoms with E-state index >= 15 is 0 Å². The van der Waals surface area contributed by atoms with Crippen LogP contribution in [0.15, 0.2) is 47.1 Å². The molecule has 0 unspecified atom stereocenters. The number of benzene rings is 1. The van der Waals surface area contributed by atoms with Gasteiger partial charge in [0.25, 0.3) is 0 Å². The van der Waals surface area contributed by atoms with Crippen LogP contribution in [0.25, 0.3) is 0 Å². The first-order chi connectivity index (χ1) is 12.2. The lowest BCUT2D eigenvalue weighted by molar-refractivity contribution is -0.139. The molecule has 0 saturated carbocycles. The van der Waals surface area contributed by atoms with Crippen molar-refractivity contribution in [1.82, 2.24) is 0 Å². The Morgan fingerprint density at radius 2 is 1.96 bits per heavy atom. The standard InChI is InChI=1S/C20H22FNO4/c1-4-25-19(24)17-15(11-5-7-12(21)8-6-11)16-13(23)9-20(2,3)10-14(16)26-18(17)22/h5-8,15H,4,9-10,22H2,1-3H3/t15-/m1/s1. The Kier molecular flexibility index (Phi) is 4.61. The Morgan fingerprint density at radius 3 is 2.58 bits per heavy atom. The van der Waals surface area contributed by atoms with Crippen LogP contribution >= 0.6 is 0 Å². The fourth-order valence-corrected chi connectivity index (χ4v) is 3.58. The smallest absolute Gasteiger partial charge is 0.340 e. The SMILES string of the molecule is CCOC(=O)C1=C(N)OC2=C(C(=O)CC(C)(C)C2)[C@H]1c1ccc(F)cc1. The Morgan fingerprint density at radius 1 is 1.31 bits per heavy atom. The average Bonchev–Trinajstić information content (AvgIpc) is 2.53. The summed E-state index contributed by atoms with van der Waals surface area (Å²) in [6, 6.07) is 5.69. The fraction of sp³-hybridized carbons (Fsp3) is 0.400. The molecule has 3 rings (SSSR count). The minimum absolute atomic E-state index is 0.0676. The molecule has 1 aliphatic heterocycles. The predicted molar refractivity (Wildman–Crippen MR) is 93.1 cm³/mol. The molecule has 1 heterocycles. The molecule has 1 aromatic carbocycles. The lowest BCUT2D eigenvalue weighted by atomic mass is 9.70. The van der Waals surface area contributed by atoms with Gasteiger partial charge in [-0.15, -0.1) is 0 Å². The van der Waals surface area contributed by atoms with Crippen molar-refractivity contribution in [3.8, 4) is 0 Å². The number of hydrogen-bond acceptors (Lipinski definition) is 5. The van der Waals surface area contributed by atoms with E-state index in [2.05, 4.69) is 0 Å². The summed E-state index contributed by atoms with van der Waals surface area (Å²) in [7, 11) is 0. The number of nitrogens with two attached hydrogens (primary N) is 1. The lowest BCUT2D eigenvalue weighted by Crippen LogP contribution is -2.35. The topological polar surface area (TPSA) is 78.6 Å². The molecule has 0 amide bonds. The summed E-state index contributed by atoms with van der Waals surface area (Å²) in [5, 5.41) is 0. The van der Waals surface area contributed by atoms with Crippen LogP contribution in [0.2, 0.25) is 0 Å². The summed E-state index contributed by atoms with van der Waals surface area (Å²) in [6.45, 7) is 5.81. The second kappa shape index (κ2) is 6.59. The number of carbonyl (C=O) groups is 2. The van der Waals surface area contributed by atoms with Gasteiger partial charge in [0.15, 0.2) is 5.78 Å². The molecule has 138 valence electrons. The molecule has 0 radical (unpaired) electrons. The Labute approximate surface area is 151 Å². The highest BCUT2D eigenvalue weighted by atomic mass is 19.1. The Balaban J connectivity index is 2.17. The maximum absolute atomic E-state index is 13.4. The summed E-state index contributed by atoms with van der Waals surface area (Å²) >= 11 is 0. The first-order valence-electron chi connectivity index (χ1n) is 8.60. The van der Waals surface area contributed by atoms with E-state index in [9.17, 15) is 14.0 Å².